The van der Waals surface area contributed by atoms with Crippen LogP contribution in [0.25, 0.3) is 0 Å². The van der Waals surface area contributed by atoms with E-state index in [1.54, 1.807) is 39.0 Å². The van der Waals surface area contributed by atoms with Gasteiger partial charge in [0.25, 0.3) is 0 Å². The Balaban J connectivity index is 3.07. The van der Waals surface area contributed by atoms with Crippen molar-refractivity contribution in [2.75, 3.05) is 0 Å². The van der Waals surface area contributed by atoms with Gasteiger partial charge in [0.2, 0.25) is 0 Å². The van der Waals surface area contributed by atoms with E-state index in [-0.39, 0.29) is 0 Å². The molecule has 0 aliphatic heterocycles. The molecule has 0 bridgehead atoms. The fourth-order valence-electron chi connectivity index (χ4n) is 0.558. The van der Waals surface area contributed by atoms with Gasteiger partial charge in [0.1, 0.15) is 0 Å². The maximum absolute atomic E-state index is 5.72. The first-order valence-corrected chi connectivity index (χ1v) is 3.92. The molecular formula is C6H3Cl2OTi. The van der Waals surface area contributed by atoms with Gasteiger partial charge < -0.3 is 0 Å². The zero-order valence-electron chi connectivity index (χ0n) is 4.90. The predicted octanol–water partition coefficient (Wildman–Crippen LogP) is 2.83. The van der Waals surface area contributed by atoms with Crippen molar-refractivity contribution >= 4 is 23.2 Å². The number of hydrogen-bond acceptors (Lipinski definition) is 1. The molecule has 1 nitrogen and oxygen atoms in total. The molecule has 0 amide bonds. The van der Waals surface area contributed by atoms with Crippen LogP contribution in [-0.2, 0) is 20.8 Å². The molecule has 0 fully saturated rings. The normalized spacial score (nSPS) is 9.30. The monoisotopic (exact) mass is 209 g/mol. The Hall–Kier alpha value is 0.314. The Kier molecular flexibility index (Phi) is 3.06. The Morgan fingerprint density at radius 3 is 2.50 bits per heavy atom. The number of hydrogen-bond donors (Lipinski definition) is 0. The van der Waals surface area contributed by atoms with Gasteiger partial charge in [0.15, 0.2) is 0 Å². The summed E-state index contributed by atoms with van der Waals surface area (Å²) in [5, 5.41) is 1.15. The predicted molar refractivity (Wildman–Crippen MR) is 37.1 cm³/mol. The summed E-state index contributed by atoms with van der Waals surface area (Å²) in [6.45, 7) is 0. The van der Waals surface area contributed by atoms with Crippen LogP contribution < -0.4 is 3.32 Å². The van der Waals surface area contributed by atoms with E-state index in [1.807, 2.05) is 0 Å². The third kappa shape index (κ3) is 1.90. The van der Waals surface area contributed by atoms with Crippen molar-refractivity contribution in [2.24, 2.45) is 0 Å². The average molecular weight is 210 g/mol. The molecule has 1 aromatic carbocycles. The third-order valence-electron chi connectivity index (χ3n) is 1.00. The van der Waals surface area contributed by atoms with E-state index in [9.17, 15) is 0 Å². The second-order valence-corrected chi connectivity index (χ2v) is 2.84. The summed E-state index contributed by atoms with van der Waals surface area (Å²) in [5.41, 5.74) is 0. The van der Waals surface area contributed by atoms with E-state index in [1.165, 1.54) is 0 Å². The van der Waals surface area contributed by atoms with Crippen LogP contribution in [0.5, 0.6) is 5.75 Å². The molecule has 0 aliphatic rings. The molecule has 0 heterocycles. The third-order valence-corrected chi connectivity index (χ3v) is 1.88. The Morgan fingerprint density at radius 2 is 2.00 bits per heavy atom. The zero-order valence-corrected chi connectivity index (χ0v) is 7.97. The van der Waals surface area contributed by atoms with Gasteiger partial charge in [-0.25, -0.2) is 0 Å². The van der Waals surface area contributed by atoms with E-state index in [2.05, 4.69) is 0 Å². The SMILES string of the molecule is Clc1ccc([O][Ti])c(Cl)c1. The van der Waals surface area contributed by atoms with Gasteiger partial charge in [-0.2, -0.15) is 0 Å². The van der Waals surface area contributed by atoms with E-state index in [0.717, 1.165) is 0 Å². The van der Waals surface area contributed by atoms with E-state index < -0.39 is 0 Å². The molecule has 1 aromatic rings. The van der Waals surface area contributed by atoms with Crippen molar-refractivity contribution in [1.82, 2.24) is 0 Å². The molecule has 0 unspecified atom stereocenters. The van der Waals surface area contributed by atoms with Crippen molar-refractivity contribution in [2.45, 2.75) is 0 Å². The van der Waals surface area contributed by atoms with Crippen LogP contribution in [-0.4, -0.2) is 0 Å². The summed E-state index contributed by atoms with van der Waals surface area (Å²) in [4.78, 5) is 0. The molecule has 1 rings (SSSR count). The summed E-state index contributed by atoms with van der Waals surface area (Å²) < 4.78 is 4.91. The second kappa shape index (κ2) is 3.63. The van der Waals surface area contributed by atoms with Crippen LogP contribution in [0, 0.1) is 0 Å². The molecular weight excluding hydrogens is 207 g/mol. The summed E-state index contributed by atoms with van der Waals surface area (Å²) >= 11 is 12.9. The van der Waals surface area contributed by atoms with Crippen molar-refractivity contribution in [1.29, 1.82) is 0 Å². The molecule has 0 spiro atoms. The zero-order chi connectivity index (χ0) is 7.56. The minimum atomic E-state index is 0.537. The first-order chi connectivity index (χ1) is 4.74. The van der Waals surface area contributed by atoms with Gasteiger partial charge in [0.05, 0.1) is 0 Å². The van der Waals surface area contributed by atoms with Gasteiger partial charge >= 0.3 is 81.3 Å². The Morgan fingerprint density at radius 1 is 1.30 bits per heavy atom. The first-order valence-electron chi connectivity index (χ1n) is 2.52. The molecule has 4 heteroatoms. The van der Waals surface area contributed by atoms with Gasteiger partial charge in [-0.3, -0.25) is 0 Å². The number of rotatable bonds is 1. The number of benzene rings is 1. The van der Waals surface area contributed by atoms with Crippen molar-refractivity contribution in [3.05, 3.63) is 28.2 Å². The quantitative estimate of drug-likeness (QED) is 0.647. The van der Waals surface area contributed by atoms with Gasteiger partial charge in [-0.1, -0.05) is 0 Å². The second-order valence-electron chi connectivity index (χ2n) is 1.68. The van der Waals surface area contributed by atoms with Crippen LogP contribution in [0.1, 0.15) is 0 Å². The molecule has 10 heavy (non-hydrogen) atoms. The Labute approximate surface area is 81.2 Å². The molecule has 0 N–H and O–H groups in total. The van der Waals surface area contributed by atoms with Crippen LogP contribution in [0.4, 0.5) is 0 Å². The fraction of sp³-hybridized carbons (Fsp3) is 0. The maximum atomic E-state index is 5.72. The molecule has 0 saturated heterocycles. The van der Waals surface area contributed by atoms with Crippen molar-refractivity contribution < 1.29 is 24.1 Å². The van der Waals surface area contributed by atoms with Gasteiger partial charge in [0, 0.05) is 0 Å². The Bertz CT molecular complexity index is 239. The summed E-state index contributed by atoms with van der Waals surface area (Å²) in [5.74, 6) is 0.645. The summed E-state index contributed by atoms with van der Waals surface area (Å²) in [6, 6.07) is 5.10. The first kappa shape index (κ1) is 8.41. The van der Waals surface area contributed by atoms with Gasteiger partial charge in [-0.05, 0) is 0 Å². The minimum absolute atomic E-state index is 0.537. The van der Waals surface area contributed by atoms with Crippen LogP contribution in [0.3, 0.4) is 0 Å². The van der Waals surface area contributed by atoms with E-state index >= 15 is 0 Å². The summed E-state index contributed by atoms with van der Waals surface area (Å²) in [7, 11) is 0. The standard InChI is InChI=1S/C6H4Cl2O.Ti/c7-4-1-2-6(9)5(8)3-4;/h1-3,9H;/q;+1/p-1. The molecule has 51 valence electrons. The van der Waals surface area contributed by atoms with E-state index in [4.69, 9.17) is 26.5 Å². The average Bonchev–Trinajstić information content (AvgIpc) is 1.88. The topological polar surface area (TPSA) is 9.23 Å². The molecule has 0 saturated carbocycles. The number of halogens is 2. The molecule has 0 aliphatic carbocycles. The molecule has 0 atom stereocenters. The van der Waals surface area contributed by atoms with Crippen LogP contribution in [0.15, 0.2) is 18.2 Å². The summed E-state index contributed by atoms with van der Waals surface area (Å²) in [6.07, 6.45) is 0. The molecule has 0 aromatic heterocycles. The molecule has 0 radical (unpaired) electrons. The van der Waals surface area contributed by atoms with Crippen LogP contribution >= 0.6 is 23.2 Å². The van der Waals surface area contributed by atoms with Crippen molar-refractivity contribution in [3.63, 3.8) is 0 Å². The van der Waals surface area contributed by atoms with E-state index in [0.29, 0.717) is 15.8 Å². The van der Waals surface area contributed by atoms with Crippen molar-refractivity contribution in [3.8, 4) is 5.75 Å². The fourth-order valence-corrected chi connectivity index (χ4v) is 1.38. The van der Waals surface area contributed by atoms with Crippen LogP contribution in [0.2, 0.25) is 10.0 Å². The van der Waals surface area contributed by atoms with Gasteiger partial charge in [-0.15, -0.1) is 0 Å².